The van der Waals surface area contributed by atoms with Gasteiger partial charge in [0.25, 0.3) is 0 Å². The van der Waals surface area contributed by atoms with Crippen molar-refractivity contribution < 1.29 is 10.2 Å². The second-order valence-corrected chi connectivity index (χ2v) is 3.42. The van der Waals surface area contributed by atoms with E-state index in [1.54, 1.807) is 13.8 Å². The molecule has 0 saturated carbocycles. The van der Waals surface area contributed by atoms with Crippen molar-refractivity contribution in [3.8, 4) is 0 Å². The van der Waals surface area contributed by atoms with E-state index in [0.717, 1.165) is 5.56 Å². The van der Waals surface area contributed by atoms with Gasteiger partial charge in [0.15, 0.2) is 0 Å². The molecule has 0 aliphatic carbocycles. The molecule has 72 valence electrons. The van der Waals surface area contributed by atoms with Crippen LogP contribution in [0.25, 0.3) is 0 Å². The first-order valence-electron chi connectivity index (χ1n) is 4.54. The van der Waals surface area contributed by atoms with Gasteiger partial charge in [-0.1, -0.05) is 30.3 Å². The summed E-state index contributed by atoms with van der Waals surface area (Å²) in [5.74, 6) is -0.193. The molecule has 1 aromatic carbocycles. The van der Waals surface area contributed by atoms with Gasteiger partial charge in [-0.05, 0) is 19.4 Å². The normalized spacial score (nSPS) is 15.8. The SMILES string of the molecule is C[C@H](O)C(c1ccccc1)[C@H](C)O. The Labute approximate surface area is 78.8 Å². The molecule has 0 bridgehead atoms. The lowest BCUT2D eigenvalue weighted by Crippen LogP contribution is -2.25. The van der Waals surface area contributed by atoms with Gasteiger partial charge in [-0.15, -0.1) is 0 Å². The molecule has 1 aromatic rings. The predicted octanol–water partition coefficient (Wildman–Crippen LogP) is 1.53. The van der Waals surface area contributed by atoms with Crippen molar-refractivity contribution in [2.75, 3.05) is 0 Å². The lowest BCUT2D eigenvalue weighted by atomic mass is 9.90. The first-order valence-corrected chi connectivity index (χ1v) is 4.54. The molecule has 0 aromatic heterocycles. The van der Waals surface area contributed by atoms with Crippen LogP contribution in [-0.2, 0) is 0 Å². The van der Waals surface area contributed by atoms with Crippen molar-refractivity contribution in [3.05, 3.63) is 35.9 Å². The summed E-state index contributed by atoms with van der Waals surface area (Å²) >= 11 is 0. The molecule has 2 N–H and O–H groups in total. The van der Waals surface area contributed by atoms with Crippen LogP contribution in [0.15, 0.2) is 30.3 Å². The van der Waals surface area contributed by atoms with Gasteiger partial charge in [0.2, 0.25) is 0 Å². The maximum absolute atomic E-state index is 9.48. The van der Waals surface area contributed by atoms with Crippen LogP contribution in [0.1, 0.15) is 25.3 Å². The van der Waals surface area contributed by atoms with E-state index >= 15 is 0 Å². The zero-order valence-electron chi connectivity index (χ0n) is 8.01. The number of aliphatic hydroxyl groups excluding tert-OH is 2. The molecule has 2 heteroatoms. The lowest BCUT2D eigenvalue weighted by molar-refractivity contribution is 0.0730. The van der Waals surface area contributed by atoms with Crippen LogP contribution in [0.3, 0.4) is 0 Å². The van der Waals surface area contributed by atoms with Crippen LogP contribution in [-0.4, -0.2) is 22.4 Å². The summed E-state index contributed by atoms with van der Waals surface area (Å²) in [5, 5.41) is 19.0. The molecular formula is C11H16O2. The first kappa shape index (κ1) is 10.2. The van der Waals surface area contributed by atoms with Crippen molar-refractivity contribution in [2.24, 2.45) is 0 Å². The van der Waals surface area contributed by atoms with Crippen molar-refractivity contribution >= 4 is 0 Å². The van der Waals surface area contributed by atoms with Gasteiger partial charge in [0.1, 0.15) is 0 Å². The lowest BCUT2D eigenvalue weighted by Gasteiger charge is -2.22. The number of rotatable bonds is 3. The largest absolute Gasteiger partial charge is 0.393 e. The quantitative estimate of drug-likeness (QED) is 0.740. The van der Waals surface area contributed by atoms with Crippen LogP contribution >= 0.6 is 0 Å². The van der Waals surface area contributed by atoms with Crippen molar-refractivity contribution in [2.45, 2.75) is 32.0 Å². The summed E-state index contributed by atoms with van der Waals surface area (Å²) in [6.07, 6.45) is -1.05. The van der Waals surface area contributed by atoms with Crippen LogP contribution in [0.4, 0.5) is 0 Å². The zero-order chi connectivity index (χ0) is 9.84. The molecule has 0 spiro atoms. The van der Waals surface area contributed by atoms with Crippen LogP contribution in [0.2, 0.25) is 0 Å². The highest BCUT2D eigenvalue weighted by Crippen LogP contribution is 2.23. The van der Waals surface area contributed by atoms with Gasteiger partial charge in [-0.25, -0.2) is 0 Å². The summed E-state index contributed by atoms with van der Waals surface area (Å²) in [6.45, 7) is 3.40. The van der Waals surface area contributed by atoms with E-state index in [1.165, 1.54) is 0 Å². The molecular weight excluding hydrogens is 164 g/mol. The van der Waals surface area contributed by atoms with E-state index in [4.69, 9.17) is 0 Å². The summed E-state index contributed by atoms with van der Waals surface area (Å²) in [6, 6.07) is 9.58. The van der Waals surface area contributed by atoms with Crippen molar-refractivity contribution in [1.82, 2.24) is 0 Å². The Morgan fingerprint density at radius 2 is 1.38 bits per heavy atom. The van der Waals surface area contributed by atoms with Gasteiger partial charge in [0, 0.05) is 5.92 Å². The Morgan fingerprint density at radius 3 is 1.77 bits per heavy atom. The van der Waals surface area contributed by atoms with Gasteiger partial charge in [-0.2, -0.15) is 0 Å². The van der Waals surface area contributed by atoms with Crippen LogP contribution in [0.5, 0.6) is 0 Å². The standard InChI is InChI=1S/C11H16O2/c1-8(12)11(9(2)13)10-6-4-3-5-7-10/h3-9,11-13H,1-2H3/t8-,9-/m0/s1. The molecule has 0 unspecified atom stereocenters. The average molecular weight is 180 g/mol. The average Bonchev–Trinajstić information content (AvgIpc) is 2.04. The Hall–Kier alpha value is -0.860. The van der Waals surface area contributed by atoms with Gasteiger partial charge in [0.05, 0.1) is 12.2 Å². The number of hydrogen-bond acceptors (Lipinski definition) is 2. The topological polar surface area (TPSA) is 40.5 Å². The Balaban J connectivity index is 2.89. The molecule has 13 heavy (non-hydrogen) atoms. The van der Waals surface area contributed by atoms with Gasteiger partial charge < -0.3 is 10.2 Å². The van der Waals surface area contributed by atoms with Crippen molar-refractivity contribution in [3.63, 3.8) is 0 Å². The number of benzene rings is 1. The minimum atomic E-state index is -0.526. The molecule has 0 aliphatic rings. The smallest absolute Gasteiger partial charge is 0.0605 e. The fourth-order valence-electron chi connectivity index (χ4n) is 1.64. The summed E-state index contributed by atoms with van der Waals surface area (Å²) in [4.78, 5) is 0. The highest BCUT2D eigenvalue weighted by atomic mass is 16.3. The summed E-state index contributed by atoms with van der Waals surface area (Å²) < 4.78 is 0. The highest BCUT2D eigenvalue weighted by Gasteiger charge is 2.21. The number of hydrogen-bond donors (Lipinski definition) is 2. The monoisotopic (exact) mass is 180 g/mol. The fourth-order valence-corrected chi connectivity index (χ4v) is 1.64. The van der Waals surface area contributed by atoms with E-state index in [9.17, 15) is 10.2 Å². The van der Waals surface area contributed by atoms with E-state index < -0.39 is 12.2 Å². The second kappa shape index (κ2) is 4.40. The third-order valence-electron chi connectivity index (χ3n) is 2.22. The molecule has 2 atom stereocenters. The molecule has 1 rings (SSSR count). The zero-order valence-corrected chi connectivity index (χ0v) is 8.01. The van der Waals surface area contributed by atoms with E-state index in [-0.39, 0.29) is 5.92 Å². The Kier molecular flexibility index (Phi) is 3.46. The minimum Gasteiger partial charge on any atom is -0.393 e. The van der Waals surface area contributed by atoms with Crippen molar-refractivity contribution in [1.29, 1.82) is 0 Å². The second-order valence-electron chi connectivity index (χ2n) is 3.42. The maximum Gasteiger partial charge on any atom is 0.0605 e. The third-order valence-corrected chi connectivity index (χ3v) is 2.22. The van der Waals surface area contributed by atoms with E-state index in [0.29, 0.717) is 0 Å². The maximum atomic E-state index is 9.48. The predicted molar refractivity (Wildman–Crippen MR) is 52.5 cm³/mol. The van der Waals surface area contributed by atoms with Crippen LogP contribution < -0.4 is 0 Å². The van der Waals surface area contributed by atoms with Crippen LogP contribution in [0, 0.1) is 0 Å². The van der Waals surface area contributed by atoms with E-state index in [2.05, 4.69) is 0 Å². The summed E-state index contributed by atoms with van der Waals surface area (Å²) in [5.41, 5.74) is 0.979. The molecule has 0 radical (unpaired) electrons. The number of aliphatic hydroxyl groups is 2. The first-order chi connectivity index (χ1) is 6.13. The molecule has 0 amide bonds. The Morgan fingerprint density at radius 1 is 0.923 bits per heavy atom. The fraction of sp³-hybridized carbons (Fsp3) is 0.455. The van der Waals surface area contributed by atoms with Gasteiger partial charge >= 0.3 is 0 Å². The van der Waals surface area contributed by atoms with E-state index in [1.807, 2.05) is 30.3 Å². The summed E-state index contributed by atoms with van der Waals surface area (Å²) in [7, 11) is 0. The molecule has 0 heterocycles. The third kappa shape index (κ3) is 2.54. The molecule has 0 saturated heterocycles. The molecule has 2 nitrogen and oxygen atoms in total. The minimum absolute atomic E-state index is 0.193. The highest BCUT2D eigenvalue weighted by molar-refractivity contribution is 5.21. The molecule has 0 fully saturated rings. The Bertz CT molecular complexity index is 234. The molecule has 0 aliphatic heterocycles. The van der Waals surface area contributed by atoms with Gasteiger partial charge in [-0.3, -0.25) is 0 Å².